The first-order valence-electron chi connectivity index (χ1n) is 14.5. The van der Waals surface area contributed by atoms with Crippen molar-refractivity contribution in [2.75, 3.05) is 33.4 Å². The van der Waals surface area contributed by atoms with Gasteiger partial charge in [0.05, 0.1) is 23.6 Å². The zero-order valence-corrected chi connectivity index (χ0v) is 22.1. The van der Waals surface area contributed by atoms with Crippen LogP contribution in [0, 0.1) is 23.7 Å². The molecule has 5 atom stereocenters. The molecule has 0 radical (unpaired) electrons. The van der Waals surface area contributed by atoms with E-state index in [1.54, 1.807) is 5.57 Å². The highest BCUT2D eigenvalue weighted by Gasteiger charge is 2.54. The molecule has 0 N–H and O–H groups in total. The van der Waals surface area contributed by atoms with Crippen molar-refractivity contribution in [3.63, 3.8) is 0 Å². The first kappa shape index (κ1) is 24.8. The van der Waals surface area contributed by atoms with Crippen LogP contribution in [0.25, 0.3) is 0 Å². The second-order valence-electron chi connectivity index (χ2n) is 12.3. The number of allylic oxidation sites excluding steroid dienone is 4. The molecular weight excluding hydrogens is 422 g/mol. The van der Waals surface area contributed by atoms with E-state index in [-0.39, 0.29) is 5.60 Å². The third kappa shape index (κ3) is 5.44. The maximum Gasteiger partial charge on any atom is 0.100 e. The molecule has 2 saturated carbocycles. The molecule has 3 aliphatic carbocycles. The van der Waals surface area contributed by atoms with Gasteiger partial charge >= 0.3 is 0 Å². The standard InChI is InChI=1S/C30H49NO3/c1-30(2)29(23-9-5-4-6-10-23)28(26-16-15-25(32-3)21-27(26)34-30)22-11-13-24(14-12-22)33-20-19-31-17-7-8-18-31/h11,13,23,25-29H,4-10,12,14-21H2,1-3H3/t25?,26?,27?,28-,29+/m1/s1. The summed E-state index contributed by atoms with van der Waals surface area (Å²) in [6, 6.07) is 0. The Bertz CT molecular complexity index is 731. The summed E-state index contributed by atoms with van der Waals surface area (Å²) in [6.07, 6.45) is 20.9. The maximum absolute atomic E-state index is 6.97. The molecule has 4 heteroatoms. The average molecular weight is 472 g/mol. The van der Waals surface area contributed by atoms with E-state index in [0.29, 0.717) is 30.0 Å². The van der Waals surface area contributed by atoms with Gasteiger partial charge in [0.15, 0.2) is 0 Å². The molecule has 5 aliphatic rings. The SMILES string of the molecule is COC1CCC2C(C1)OC(C)(C)[C@@H](C1CCCCC1)[C@@H]2C1=CC=C(OCCN2CCCC2)CC1. The fourth-order valence-electron chi connectivity index (χ4n) is 8.25. The molecule has 2 aliphatic heterocycles. The van der Waals surface area contributed by atoms with Gasteiger partial charge in [-0.2, -0.15) is 0 Å². The van der Waals surface area contributed by atoms with Crippen molar-refractivity contribution in [3.05, 3.63) is 23.5 Å². The molecule has 0 spiro atoms. The van der Waals surface area contributed by atoms with E-state index in [1.165, 1.54) is 76.6 Å². The first-order chi connectivity index (χ1) is 16.5. The average Bonchev–Trinajstić information content (AvgIpc) is 3.37. The van der Waals surface area contributed by atoms with Crippen molar-refractivity contribution in [3.8, 4) is 0 Å². The second-order valence-corrected chi connectivity index (χ2v) is 12.3. The van der Waals surface area contributed by atoms with Crippen molar-refractivity contribution in [2.45, 2.75) is 109 Å². The van der Waals surface area contributed by atoms with E-state index in [0.717, 1.165) is 38.3 Å². The van der Waals surface area contributed by atoms with E-state index in [9.17, 15) is 0 Å². The van der Waals surface area contributed by atoms with Crippen molar-refractivity contribution < 1.29 is 14.2 Å². The van der Waals surface area contributed by atoms with Crippen molar-refractivity contribution in [2.24, 2.45) is 23.7 Å². The van der Waals surface area contributed by atoms with Crippen LogP contribution in [0.15, 0.2) is 23.5 Å². The molecule has 4 fully saturated rings. The lowest BCUT2D eigenvalue weighted by Crippen LogP contribution is -2.58. The fraction of sp³-hybridized carbons (Fsp3) is 0.867. The number of methoxy groups -OCH3 is 1. The quantitative estimate of drug-likeness (QED) is 0.424. The summed E-state index contributed by atoms with van der Waals surface area (Å²) in [5.41, 5.74) is 1.62. The molecule has 4 nitrogen and oxygen atoms in total. The highest BCUT2D eigenvalue weighted by Crippen LogP contribution is 2.55. The second kappa shape index (κ2) is 11.0. The van der Waals surface area contributed by atoms with Gasteiger partial charge < -0.3 is 14.2 Å². The Kier molecular flexibility index (Phi) is 8.07. The molecule has 34 heavy (non-hydrogen) atoms. The maximum atomic E-state index is 6.97. The number of likely N-dealkylation sites (tertiary alicyclic amines) is 1. The minimum atomic E-state index is -0.0689. The molecule has 0 amide bonds. The highest BCUT2D eigenvalue weighted by atomic mass is 16.5. The molecule has 2 saturated heterocycles. The Balaban J connectivity index is 1.34. The van der Waals surface area contributed by atoms with Crippen molar-refractivity contribution in [1.29, 1.82) is 0 Å². The number of hydrogen-bond acceptors (Lipinski definition) is 4. The minimum Gasteiger partial charge on any atom is -0.497 e. The van der Waals surface area contributed by atoms with E-state index >= 15 is 0 Å². The molecule has 0 aromatic carbocycles. The molecule has 2 heterocycles. The number of rotatable bonds is 7. The molecule has 5 rings (SSSR count). The van der Waals surface area contributed by atoms with Crippen molar-refractivity contribution in [1.82, 2.24) is 4.90 Å². The zero-order chi connectivity index (χ0) is 23.5. The largest absolute Gasteiger partial charge is 0.497 e. The van der Waals surface area contributed by atoms with Crippen LogP contribution in [-0.2, 0) is 14.2 Å². The Morgan fingerprint density at radius 2 is 1.76 bits per heavy atom. The first-order valence-corrected chi connectivity index (χ1v) is 14.5. The fourth-order valence-corrected chi connectivity index (χ4v) is 8.25. The molecular formula is C30H49NO3. The Morgan fingerprint density at radius 1 is 0.971 bits per heavy atom. The van der Waals surface area contributed by atoms with Gasteiger partial charge in [-0.15, -0.1) is 0 Å². The van der Waals surface area contributed by atoms with Gasteiger partial charge in [0.2, 0.25) is 0 Å². The summed E-state index contributed by atoms with van der Waals surface area (Å²) in [6.45, 7) is 9.22. The van der Waals surface area contributed by atoms with E-state index < -0.39 is 0 Å². The Labute approximate surface area is 208 Å². The monoisotopic (exact) mass is 471 g/mol. The molecule has 0 bridgehead atoms. The minimum absolute atomic E-state index is 0.0689. The normalized spacial score (nSPS) is 37.1. The topological polar surface area (TPSA) is 30.9 Å². The van der Waals surface area contributed by atoms with Crippen LogP contribution >= 0.6 is 0 Å². The zero-order valence-electron chi connectivity index (χ0n) is 22.1. The Hall–Kier alpha value is -0.840. The van der Waals surface area contributed by atoms with Gasteiger partial charge in [-0.25, -0.2) is 0 Å². The van der Waals surface area contributed by atoms with Crippen molar-refractivity contribution >= 4 is 0 Å². The van der Waals surface area contributed by atoms with Crippen LogP contribution in [0.3, 0.4) is 0 Å². The van der Waals surface area contributed by atoms with Gasteiger partial charge in [0, 0.05) is 26.5 Å². The third-order valence-corrected chi connectivity index (χ3v) is 9.86. The molecule has 0 aromatic rings. The van der Waals surface area contributed by atoms with Crippen LogP contribution < -0.4 is 0 Å². The molecule has 192 valence electrons. The summed E-state index contributed by atoms with van der Waals surface area (Å²) < 4.78 is 19.0. The lowest BCUT2D eigenvalue weighted by Gasteiger charge is -2.57. The van der Waals surface area contributed by atoms with E-state index in [2.05, 4.69) is 30.9 Å². The third-order valence-electron chi connectivity index (χ3n) is 9.86. The summed E-state index contributed by atoms with van der Waals surface area (Å²) >= 11 is 0. The van der Waals surface area contributed by atoms with E-state index in [4.69, 9.17) is 14.2 Å². The summed E-state index contributed by atoms with van der Waals surface area (Å²) in [7, 11) is 1.88. The van der Waals surface area contributed by atoms with Gasteiger partial charge in [0.1, 0.15) is 6.61 Å². The van der Waals surface area contributed by atoms with Crippen LogP contribution in [0.5, 0.6) is 0 Å². The number of nitrogens with zero attached hydrogens (tertiary/aromatic N) is 1. The Morgan fingerprint density at radius 3 is 2.47 bits per heavy atom. The highest BCUT2D eigenvalue weighted by molar-refractivity contribution is 5.26. The van der Waals surface area contributed by atoms with Gasteiger partial charge in [-0.3, -0.25) is 4.90 Å². The lowest BCUT2D eigenvalue weighted by atomic mass is 9.56. The summed E-state index contributed by atoms with van der Waals surface area (Å²) in [5.74, 6) is 3.92. The van der Waals surface area contributed by atoms with E-state index in [1.807, 2.05) is 7.11 Å². The number of fused-ring (bicyclic) bond motifs is 1. The van der Waals surface area contributed by atoms with Gasteiger partial charge in [0.25, 0.3) is 0 Å². The number of hydrogen-bond donors (Lipinski definition) is 0. The van der Waals surface area contributed by atoms with Crippen LogP contribution in [0.2, 0.25) is 0 Å². The summed E-state index contributed by atoms with van der Waals surface area (Å²) in [5, 5.41) is 0. The lowest BCUT2D eigenvalue weighted by molar-refractivity contribution is -0.223. The predicted molar refractivity (Wildman–Crippen MR) is 138 cm³/mol. The number of ether oxygens (including phenoxy) is 3. The molecule has 3 unspecified atom stereocenters. The summed E-state index contributed by atoms with van der Waals surface area (Å²) in [4.78, 5) is 2.54. The molecule has 0 aromatic heterocycles. The van der Waals surface area contributed by atoms with Gasteiger partial charge in [-0.05, 0) is 88.8 Å². The predicted octanol–water partition coefficient (Wildman–Crippen LogP) is 6.51. The smallest absolute Gasteiger partial charge is 0.100 e. The van der Waals surface area contributed by atoms with Gasteiger partial charge in [-0.1, -0.05) is 43.8 Å². The van der Waals surface area contributed by atoms with Crippen LogP contribution in [0.1, 0.15) is 90.9 Å². The van der Waals surface area contributed by atoms with Crippen LogP contribution in [-0.4, -0.2) is 56.1 Å². The van der Waals surface area contributed by atoms with Crippen LogP contribution in [0.4, 0.5) is 0 Å².